The van der Waals surface area contributed by atoms with Gasteiger partial charge in [-0.1, -0.05) is 25.4 Å². The number of halogens is 1. The molecule has 20 heavy (non-hydrogen) atoms. The number of aromatic nitrogens is 3. The van der Waals surface area contributed by atoms with Gasteiger partial charge in [-0.25, -0.2) is 4.98 Å². The van der Waals surface area contributed by atoms with Crippen LogP contribution >= 0.6 is 11.6 Å². The predicted molar refractivity (Wildman–Crippen MR) is 80.0 cm³/mol. The molecule has 0 aliphatic heterocycles. The molecule has 2 rings (SSSR count). The van der Waals surface area contributed by atoms with Gasteiger partial charge in [0, 0.05) is 17.6 Å². The molecule has 5 nitrogen and oxygen atoms in total. The van der Waals surface area contributed by atoms with E-state index in [-0.39, 0.29) is 5.78 Å². The highest BCUT2D eigenvalue weighted by Crippen LogP contribution is 2.26. The van der Waals surface area contributed by atoms with Crippen molar-refractivity contribution in [2.24, 2.45) is 0 Å². The number of carbonyl (C=O) groups is 1. The largest absolute Gasteiger partial charge is 0.388 e. The van der Waals surface area contributed by atoms with Gasteiger partial charge in [-0.15, -0.1) is 0 Å². The van der Waals surface area contributed by atoms with Gasteiger partial charge in [-0.2, -0.15) is 5.10 Å². The van der Waals surface area contributed by atoms with E-state index in [1.165, 1.54) is 0 Å². The topological polar surface area (TPSA) is 68.0 Å². The Balaban J connectivity index is 0.000000956. The molecule has 0 saturated heterocycles. The Morgan fingerprint density at radius 3 is 2.60 bits per heavy atom. The fourth-order valence-corrected chi connectivity index (χ4v) is 2.02. The Morgan fingerprint density at radius 1 is 1.45 bits per heavy atom. The van der Waals surface area contributed by atoms with E-state index in [0.29, 0.717) is 5.15 Å². The van der Waals surface area contributed by atoms with Crippen molar-refractivity contribution >= 4 is 28.3 Å². The number of nitrogens with zero attached hydrogens (tertiary/aromatic N) is 3. The second-order valence-corrected chi connectivity index (χ2v) is 5.05. The van der Waals surface area contributed by atoms with Crippen LogP contribution in [0, 0.1) is 6.92 Å². The van der Waals surface area contributed by atoms with Crippen molar-refractivity contribution < 1.29 is 9.90 Å². The molecule has 6 heteroatoms. The van der Waals surface area contributed by atoms with Crippen molar-refractivity contribution in [1.29, 1.82) is 0 Å². The number of fused-ring (bicyclic) bond motifs is 1. The molecule has 0 aliphatic rings. The molecule has 0 radical (unpaired) electrons. The van der Waals surface area contributed by atoms with Gasteiger partial charge in [-0.3, -0.25) is 9.48 Å². The Kier molecular flexibility index (Phi) is 5.25. The lowest BCUT2D eigenvalue weighted by atomic mass is 10.00. The Bertz CT molecular complexity index is 620. The minimum Gasteiger partial charge on any atom is -0.388 e. The standard InChI is InChI=1S/C12H14ClN3O2.C2H6/c1-7-8-5-14-11(13)4-9(8)16(15-7)12(2,3)10(18)6-17;1-2/h4-5,17H,6H2,1-3H3;1-2H3. The van der Waals surface area contributed by atoms with Crippen LogP contribution in [0.25, 0.3) is 10.9 Å². The predicted octanol–water partition coefficient (Wildman–Crippen LogP) is 2.72. The summed E-state index contributed by atoms with van der Waals surface area (Å²) < 4.78 is 1.59. The molecule has 0 amide bonds. The van der Waals surface area contributed by atoms with E-state index < -0.39 is 12.1 Å². The summed E-state index contributed by atoms with van der Waals surface area (Å²) in [6.45, 7) is 8.75. The lowest BCUT2D eigenvalue weighted by Gasteiger charge is -2.23. The summed E-state index contributed by atoms with van der Waals surface area (Å²) in [6.07, 6.45) is 1.63. The number of hydrogen-bond donors (Lipinski definition) is 1. The summed E-state index contributed by atoms with van der Waals surface area (Å²) in [5, 5.41) is 14.6. The monoisotopic (exact) mass is 297 g/mol. The van der Waals surface area contributed by atoms with Crippen molar-refractivity contribution in [2.75, 3.05) is 6.61 Å². The molecule has 110 valence electrons. The maximum absolute atomic E-state index is 11.8. The fourth-order valence-electron chi connectivity index (χ4n) is 1.87. The zero-order valence-corrected chi connectivity index (χ0v) is 13.2. The van der Waals surface area contributed by atoms with Crippen LogP contribution in [0.1, 0.15) is 33.4 Å². The fraction of sp³-hybridized carbons (Fsp3) is 0.500. The van der Waals surface area contributed by atoms with E-state index in [0.717, 1.165) is 16.6 Å². The van der Waals surface area contributed by atoms with Crippen LogP contribution in [0.5, 0.6) is 0 Å². The zero-order valence-electron chi connectivity index (χ0n) is 12.4. The van der Waals surface area contributed by atoms with E-state index in [1.54, 1.807) is 30.8 Å². The lowest BCUT2D eigenvalue weighted by molar-refractivity contribution is -0.129. The third kappa shape index (κ3) is 2.83. The van der Waals surface area contributed by atoms with Gasteiger partial charge < -0.3 is 5.11 Å². The van der Waals surface area contributed by atoms with Crippen LogP contribution < -0.4 is 0 Å². The number of carbonyl (C=O) groups excluding carboxylic acids is 1. The highest BCUT2D eigenvalue weighted by molar-refractivity contribution is 6.30. The summed E-state index contributed by atoms with van der Waals surface area (Å²) in [6, 6.07) is 1.67. The Labute approximate surface area is 123 Å². The molecule has 1 N–H and O–H groups in total. The minimum atomic E-state index is -0.925. The van der Waals surface area contributed by atoms with Gasteiger partial charge >= 0.3 is 0 Å². The number of Topliss-reactive ketones (excluding diaryl/α,β-unsaturated/α-hetero) is 1. The number of rotatable bonds is 3. The van der Waals surface area contributed by atoms with E-state index in [1.807, 2.05) is 20.8 Å². The Morgan fingerprint density at radius 2 is 2.05 bits per heavy atom. The average Bonchev–Trinajstić information content (AvgIpc) is 2.77. The summed E-state index contributed by atoms with van der Waals surface area (Å²) in [5.74, 6) is -0.306. The number of pyridine rings is 1. The molecular weight excluding hydrogens is 278 g/mol. The van der Waals surface area contributed by atoms with E-state index in [4.69, 9.17) is 16.7 Å². The van der Waals surface area contributed by atoms with Gasteiger partial charge in [-0.05, 0) is 20.8 Å². The van der Waals surface area contributed by atoms with Gasteiger partial charge in [0.15, 0.2) is 5.78 Å². The van der Waals surface area contributed by atoms with E-state index >= 15 is 0 Å². The molecule has 2 heterocycles. The van der Waals surface area contributed by atoms with E-state index in [2.05, 4.69) is 10.1 Å². The number of ketones is 1. The molecular formula is C14H20ClN3O2. The molecule has 0 spiro atoms. The average molecular weight is 298 g/mol. The van der Waals surface area contributed by atoms with Gasteiger partial charge in [0.1, 0.15) is 17.3 Å². The molecule has 0 aliphatic carbocycles. The van der Waals surface area contributed by atoms with Crippen LogP contribution in [0.2, 0.25) is 5.15 Å². The van der Waals surface area contributed by atoms with Gasteiger partial charge in [0.05, 0.1) is 11.2 Å². The summed E-state index contributed by atoms with van der Waals surface area (Å²) in [5.41, 5.74) is 0.582. The van der Waals surface area contributed by atoms with E-state index in [9.17, 15) is 4.79 Å². The highest BCUT2D eigenvalue weighted by atomic mass is 35.5. The third-order valence-corrected chi connectivity index (χ3v) is 3.28. The first-order valence-electron chi connectivity index (χ1n) is 6.53. The molecule has 0 unspecified atom stereocenters. The quantitative estimate of drug-likeness (QED) is 0.885. The second-order valence-electron chi connectivity index (χ2n) is 4.66. The molecule has 0 saturated carbocycles. The lowest BCUT2D eigenvalue weighted by Crippen LogP contribution is -2.38. The molecule has 2 aromatic rings. The highest BCUT2D eigenvalue weighted by Gasteiger charge is 2.31. The number of aliphatic hydroxyl groups excluding tert-OH is 1. The van der Waals surface area contributed by atoms with Crippen LogP contribution in [0.4, 0.5) is 0 Å². The van der Waals surface area contributed by atoms with Gasteiger partial charge in [0.25, 0.3) is 0 Å². The summed E-state index contributed by atoms with van der Waals surface area (Å²) >= 11 is 5.88. The number of aliphatic hydroxyl groups is 1. The zero-order chi connectivity index (χ0) is 15.5. The molecule has 0 fully saturated rings. The van der Waals surface area contributed by atoms with Crippen LogP contribution in [0.15, 0.2) is 12.3 Å². The Hall–Kier alpha value is -1.46. The van der Waals surface area contributed by atoms with Crippen LogP contribution in [-0.4, -0.2) is 32.3 Å². The summed E-state index contributed by atoms with van der Waals surface area (Å²) in [7, 11) is 0. The van der Waals surface area contributed by atoms with Crippen molar-refractivity contribution in [3.8, 4) is 0 Å². The van der Waals surface area contributed by atoms with Crippen molar-refractivity contribution in [1.82, 2.24) is 14.8 Å². The normalized spacial score (nSPS) is 11.2. The van der Waals surface area contributed by atoms with Crippen molar-refractivity contribution in [3.63, 3.8) is 0 Å². The SMILES string of the molecule is CC.Cc1nn(C(C)(C)C(=O)CO)c2cc(Cl)ncc12. The van der Waals surface area contributed by atoms with Crippen molar-refractivity contribution in [2.45, 2.75) is 40.2 Å². The number of aryl methyl sites for hydroxylation is 1. The first-order chi connectivity index (χ1) is 9.37. The van der Waals surface area contributed by atoms with Gasteiger partial charge in [0.2, 0.25) is 0 Å². The number of hydrogen-bond acceptors (Lipinski definition) is 4. The molecule has 0 bridgehead atoms. The molecule has 0 atom stereocenters. The minimum absolute atomic E-state index is 0.306. The molecule has 2 aromatic heterocycles. The maximum atomic E-state index is 11.8. The first-order valence-corrected chi connectivity index (χ1v) is 6.91. The first kappa shape index (κ1) is 16.6. The van der Waals surface area contributed by atoms with Crippen molar-refractivity contribution in [3.05, 3.63) is 23.1 Å². The second kappa shape index (κ2) is 6.33. The third-order valence-electron chi connectivity index (χ3n) is 3.07. The van der Waals surface area contributed by atoms with Crippen LogP contribution in [0.3, 0.4) is 0 Å². The summed E-state index contributed by atoms with van der Waals surface area (Å²) in [4.78, 5) is 15.8. The smallest absolute Gasteiger partial charge is 0.185 e. The van der Waals surface area contributed by atoms with Crippen LogP contribution in [-0.2, 0) is 10.3 Å². The maximum Gasteiger partial charge on any atom is 0.185 e. The molecule has 0 aromatic carbocycles.